The number of ether oxygens (including phenoxy) is 1. The lowest BCUT2D eigenvalue weighted by molar-refractivity contribution is 0.115. The molecule has 0 saturated carbocycles. The number of halogens is 3. The van der Waals surface area contributed by atoms with Crippen LogP contribution in [0, 0.1) is 0 Å². The highest BCUT2D eigenvalue weighted by Crippen LogP contribution is 2.30. The Morgan fingerprint density at radius 3 is 2.57 bits per heavy atom. The van der Waals surface area contributed by atoms with Crippen LogP contribution in [0.5, 0.6) is 5.75 Å². The van der Waals surface area contributed by atoms with Gasteiger partial charge in [0.15, 0.2) is 0 Å². The first-order valence-electron chi connectivity index (χ1n) is 3.93. The first-order chi connectivity index (χ1) is 6.56. The molecule has 2 nitrogen and oxygen atoms in total. The van der Waals surface area contributed by atoms with E-state index in [2.05, 4.69) is 15.9 Å². The van der Waals surface area contributed by atoms with Gasteiger partial charge in [0.2, 0.25) is 0 Å². The van der Waals surface area contributed by atoms with Crippen molar-refractivity contribution in [1.82, 2.24) is 0 Å². The van der Waals surface area contributed by atoms with E-state index in [4.69, 9.17) is 10.5 Å². The molecule has 1 unspecified atom stereocenters. The lowest BCUT2D eigenvalue weighted by atomic mass is 10.1. The van der Waals surface area contributed by atoms with Crippen LogP contribution in [0.25, 0.3) is 0 Å². The van der Waals surface area contributed by atoms with E-state index in [0.29, 0.717) is 11.3 Å². The van der Waals surface area contributed by atoms with Crippen LogP contribution in [0.3, 0.4) is 0 Å². The maximum absolute atomic E-state index is 12.3. The molecule has 0 aromatic heterocycles. The Kier molecular flexibility index (Phi) is 3.83. The van der Waals surface area contributed by atoms with Gasteiger partial charge in [-0.25, -0.2) is 8.78 Å². The van der Waals surface area contributed by atoms with Gasteiger partial charge in [0, 0.05) is 10.0 Å². The molecule has 0 aliphatic heterocycles. The summed E-state index contributed by atoms with van der Waals surface area (Å²) in [4.78, 5) is 0. The summed E-state index contributed by atoms with van der Waals surface area (Å²) in [5.41, 5.74) is 5.63. The molecule has 14 heavy (non-hydrogen) atoms. The normalized spacial score (nSPS) is 13.0. The summed E-state index contributed by atoms with van der Waals surface area (Å²) in [7, 11) is 1.42. The van der Waals surface area contributed by atoms with E-state index < -0.39 is 12.5 Å². The third-order valence-electron chi connectivity index (χ3n) is 1.83. The van der Waals surface area contributed by atoms with Crippen molar-refractivity contribution in [3.05, 3.63) is 28.2 Å². The number of rotatable bonds is 3. The van der Waals surface area contributed by atoms with Crippen LogP contribution in [-0.4, -0.2) is 13.5 Å². The average Bonchev–Trinajstić information content (AvgIpc) is 2.16. The average molecular weight is 266 g/mol. The van der Waals surface area contributed by atoms with E-state index in [1.54, 1.807) is 12.1 Å². The van der Waals surface area contributed by atoms with Crippen LogP contribution in [0.2, 0.25) is 0 Å². The van der Waals surface area contributed by atoms with Crippen LogP contribution >= 0.6 is 15.9 Å². The lowest BCUT2D eigenvalue weighted by Crippen LogP contribution is -2.19. The van der Waals surface area contributed by atoms with Gasteiger partial charge in [-0.3, -0.25) is 0 Å². The van der Waals surface area contributed by atoms with Crippen molar-refractivity contribution in [2.24, 2.45) is 5.73 Å². The monoisotopic (exact) mass is 265 g/mol. The molecular weight excluding hydrogens is 256 g/mol. The number of methoxy groups -OCH3 is 1. The number of hydrogen-bond acceptors (Lipinski definition) is 2. The Bertz CT molecular complexity index is 320. The maximum atomic E-state index is 12.3. The molecule has 0 amide bonds. The summed E-state index contributed by atoms with van der Waals surface area (Å²) in [6.07, 6.45) is -2.59. The van der Waals surface area contributed by atoms with E-state index >= 15 is 0 Å². The van der Waals surface area contributed by atoms with Crippen molar-refractivity contribution in [1.29, 1.82) is 0 Å². The molecule has 1 rings (SSSR count). The summed E-state index contributed by atoms with van der Waals surface area (Å²) in [6, 6.07) is 3.48. The third-order valence-corrected chi connectivity index (χ3v) is 2.32. The van der Waals surface area contributed by atoms with E-state index in [1.807, 2.05) is 0 Å². The van der Waals surface area contributed by atoms with Crippen LogP contribution in [0.1, 0.15) is 11.6 Å². The molecule has 1 aromatic rings. The molecule has 1 aromatic carbocycles. The minimum absolute atomic E-state index is 0.311. The van der Waals surface area contributed by atoms with Gasteiger partial charge in [-0.05, 0) is 12.1 Å². The summed E-state index contributed by atoms with van der Waals surface area (Å²) in [6.45, 7) is 0. The fourth-order valence-electron chi connectivity index (χ4n) is 1.10. The zero-order valence-electron chi connectivity index (χ0n) is 7.51. The van der Waals surface area contributed by atoms with E-state index in [9.17, 15) is 8.78 Å². The van der Waals surface area contributed by atoms with Gasteiger partial charge < -0.3 is 10.5 Å². The highest BCUT2D eigenvalue weighted by atomic mass is 79.9. The second kappa shape index (κ2) is 4.70. The molecule has 5 heteroatoms. The first kappa shape index (κ1) is 11.4. The van der Waals surface area contributed by atoms with Crippen LogP contribution in [0.4, 0.5) is 8.78 Å². The Labute approximate surface area is 89.2 Å². The van der Waals surface area contributed by atoms with E-state index in [0.717, 1.165) is 4.47 Å². The van der Waals surface area contributed by atoms with Gasteiger partial charge in [-0.15, -0.1) is 0 Å². The molecule has 0 radical (unpaired) electrons. The third kappa shape index (κ3) is 2.42. The van der Waals surface area contributed by atoms with Crippen molar-refractivity contribution in [2.45, 2.75) is 12.5 Å². The van der Waals surface area contributed by atoms with Crippen LogP contribution in [0.15, 0.2) is 22.7 Å². The number of hydrogen-bond donors (Lipinski definition) is 1. The molecule has 78 valence electrons. The highest BCUT2D eigenvalue weighted by Gasteiger charge is 2.21. The Hall–Kier alpha value is -0.680. The van der Waals surface area contributed by atoms with Gasteiger partial charge in [-0.2, -0.15) is 0 Å². The number of alkyl halides is 2. The SMILES string of the molecule is COc1cc(Br)ccc1C(N)C(F)F. The topological polar surface area (TPSA) is 35.2 Å². The molecule has 0 spiro atoms. The zero-order chi connectivity index (χ0) is 10.7. The number of nitrogens with two attached hydrogens (primary N) is 1. The summed E-state index contributed by atoms with van der Waals surface area (Å²) >= 11 is 3.21. The minimum atomic E-state index is -2.59. The summed E-state index contributed by atoms with van der Waals surface area (Å²) in [5.74, 6) is 0.368. The Morgan fingerprint density at radius 1 is 1.43 bits per heavy atom. The van der Waals surface area contributed by atoms with Crippen molar-refractivity contribution >= 4 is 15.9 Å². The fourth-order valence-corrected chi connectivity index (χ4v) is 1.44. The van der Waals surface area contributed by atoms with Crippen molar-refractivity contribution in [3.8, 4) is 5.75 Å². The first-order valence-corrected chi connectivity index (χ1v) is 4.72. The predicted octanol–water partition coefficient (Wildman–Crippen LogP) is 2.72. The summed E-state index contributed by atoms with van der Waals surface area (Å²) in [5, 5.41) is 0. The molecule has 0 aliphatic rings. The molecule has 2 N–H and O–H groups in total. The van der Waals surface area contributed by atoms with Crippen molar-refractivity contribution in [3.63, 3.8) is 0 Å². The van der Waals surface area contributed by atoms with Gasteiger partial charge >= 0.3 is 0 Å². The maximum Gasteiger partial charge on any atom is 0.257 e. The van der Waals surface area contributed by atoms with E-state index in [1.165, 1.54) is 13.2 Å². The molecule has 0 heterocycles. The zero-order valence-corrected chi connectivity index (χ0v) is 9.09. The predicted molar refractivity (Wildman–Crippen MR) is 53.6 cm³/mol. The van der Waals surface area contributed by atoms with Gasteiger partial charge in [-0.1, -0.05) is 22.0 Å². The largest absolute Gasteiger partial charge is 0.496 e. The van der Waals surface area contributed by atoms with Crippen molar-refractivity contribution < 1.29 is 13.5 Å². The second-order valence-electron chi connectivity index (χ2n) is 2.75. The standard InChI is InChI=1S/C9H10BrF2NO/c1-14-7-4-5(10)2-3-6(7)8(13)9(11)12/h2-4,8-9H,13H2,1H3. The van der Waals surface area contributed by atoms with Crippen LogP contribution < -0.4 is 10.5 Å². The molecule has 0 fully saturated rings. The van der Waals surface area contributed by atoms with Crippen LogP contribution in [-0.2, 0) is 0 Å². The quantitative estimate of drug-likeness (QED) is 0.912. The van der Waals surface area contributed by atoms with Crippen molar-refractivity contribution in [2.75, 3.05) is 7.11 Å². The lowest BCUT2D eigenvalue weighted by Gasteiger charge is -2.14. The Morgan fingerprint density at radius 2 is 2.07 bits per heavy atom. The minimum Gasteiger partial charge on any atom is -0.496 e. The number of benzene rings is 1. The van der Waals surface area contributed by atoms with Gasteiger partial charge in [0.25, 0.3) is 6.43 Å². The molecule has 1 atom stereocenters. The Balaban J connectivity index is 3.07. The molecule has 0 saturated heterocycles. The highest BCUT2D eigenvalue weighted by molar-refractivity contribution is 9.10. The fraction of sp³-hybridized carbons (Fsp3) is 0.333. The summed E-state index contributed by atoms with van der Waals surface area (Å²) < 4.78 is 30.4. The smallest absolute Gasteiger partial charge is 0.257 e. The van der Waals surface area contributed by atoms with Gasteiger partial charge in [0.05, 0.1) is 13.2 Å². The second-order valence-corrected chi connectivity index (χ2v) is 3.66. The van der Waals surface area contributed by atoms with Gasteiger partial charge in [0.1, 0.15) is 5.75 Å². The van der Waals surface area contributed by atoms with E-state index in [-0.39, 0.29) is 0 Å². The molecule has 0 bridgehead atoms. The molecule has 0 aliphatic carbocycles. The molecular formula is C9H10BrF2NO.